The fourth-order valence-corrected chi connectivity index (χ4v) is 3.83. The van der Waals surface area contributed by atoms with Crippen molar-refractivity contribution in [3.8, 4) is 0 Å². The molecule has 0 amide bonds. The van der Waals surface area contributed by atoms with Crippen LogP contribution in [0.2, 0.25) is 0 Å². The number of aliphatic hydroxyl groups is 1. The molecule has 1 aliphatic heterocycles. The first-order chi connectivity index (χ1) is 8.32. The molecule has 4 atom stereocenters. The molecule has 0 bridgehead atoms. The number of esters is 1. The van der Waals surface area contributed by atoms with Crippen molar-refractivity contribution in [2.45, 2.75) is 64.6 Å². The number of ketones is 1. The lowest BCUT2D eigenvalue weighted by molar-refractivity contribution is -0.209. The molecule has 18 heavy (non-hydrogen) atoms. The zero-order chi connectivity index (χ0) is 13.6. The van der Waals surface area contributed by atoms with Crippen molar-refractivity contribution in [3.05, 3.63) is 0 Å². The van der Waals surface area contributed by atoms with Crippen LogP contribution in [0.3, 0.4) is 0 Å². The summed E-state index contributed by atoms with van der Waals surface area (Å²) in [7, 11) is 0. The van der Waals surface area contributed by atoms with Crippen LogP contribution >= 0.6 is 0 Å². The second-order valence-electron chi connectivity index (χ2n) is 6.15. The maximum Gasteiger partial charge on any atom is 0.306 e. The molecule has 4 nitrogen and oxygen atoms in total. The normalized spacial score (nSPS) is 44.1. The van der Waals surface area contributed by atoms with Crippen molar-refractivity contribution in [1.82, 2.24) is 0 Å². The molecule has 1 heterocycles. The molecule has 1 saturated carbocycles. The highest BCUT2D eigenvalue weighted by Crippen LogP contribution is 2.56. The highest BCUT2D eigenvalue weighted by Gasteiger charge is 2.62. The van der Waals surface area contributed by atoms with E-state index in [9.17, 15) is 14.7 Å². The van der Waals surface area contributed by atoms with Crippen LogP contribution in [0.5, 0.6) is 0 Å². The molecular formula is C14H22O4. The van der Waals surface area contributed by atoms with Gasteiger partial charge in [-0.3, -0.25) is 4.79 Å². The van der Waals surface area contributed by atoms with Gasteiger partial charge in [-0.2, -0.15) is 0 Å². The Balaban J connectivity index is 2.42. The van der Waals surface area contributed by atoms with E-state index in [2.05, 4.69) is 6.92 Å². The number of carbonyl (C=O) groups excluding carboxylic acids is 2. The summed E-state index contributed by atoms with van der Waals surface area (Å²) in [6, 6.07) is 0. The van der Waals surface area contributed by atoms with Crippen molar-refractivity contribution in [3.63, 3.8) is 0 Å². The molecule has 2 rings (SSSR count). The number of rotatable bonds is 2. The number of ether oxygens (including phenoxy) is 1. The average molecular weight is 254 g/mol. The van der Waals surface area contributed by atoms with E-state index in [1.807, 2.05) is 6.92 Å². The van der Waals surface area contributed by atoms with Crippen LogP contribution in [0.25, 0.3) is 0 Å². The number of hydrogen-bond donors (Lipinski definition) is 1. The van der Waals surface area contributed by atoms with Gasteiger partial charge in [0.05, 0.1) is 6.10 Å². The van der Waals surface area contributed by atoms with Gasteiger partial charge in [-0.1, -0.05) is 13.8 Å². The van der Waals surface area contributed by atoms with E-state index < -0.39 is 17.1 Å². The van der Waals surface area contributed by atoms with Crippen LogP contribution in [0.1, 0.15) is 52.9 Å². The Kier molecular flexibility index (Phi) is 3.26. The van der Waals surface area contributed by atoms with Gasteiger partial charge < -0.3 is 14.6 Å². The minimum absolute atomic E-state index is 0.0840. The number of carbonyl (C=O) groups is 2. The van der Waals surface area contributed by atoms with Gasteiger partial charge in [-0.25, -0.2) is 0 Å². The Hall–Kier alpha value is -0.900. The molecule has 102 valence electrons. The smallest absolute Gasteiger partial charge is 0.306 e. The maximum absolute atomic E-state index is 11.6. The van der Waals surface area contributed by atoms with Crippen molar-refractivity contribution < 1.29 is 19.4 Å². The first kappa shape index (κ1) is 13.5. The molecule has 0 radical (unpaired) electrons. The Labute approximate surface area is 108 Å². The van der Waals surface area contributed by atoms with Crippen molar-refractivity contribution >= 4 is 11.8 Å². The highest BCUT2D eigenvalue weighted by molar-refractivity contribution is 5.77. The van der Waals surface area contributed by atoms with E-state index >= 15 is 0 Å². The molecule has 2 fully saturated rings. The maximum atomic E-state index is 11.6. The van der Waals surface area contributed by atoms with E-state index in [1.165, 1.54) is 0 Å². The zero-order valence-electron chi connectivity index (χ0n) is 11.4. The van der Waals surface area contributed by atoms with Crippen LogP contribution in [-0.4, -0.2) is 28.6 Å². The summed E-state index contributed by atoms with van der Waals surface area (Å²) in [4.78, 5) is 23.1. The van der Waals surface area contributed by atoms with Crippen molar-refractivity contribution in [2.24, 2.45) is 11.3 Å². The first-order valence-electron chi connectivity index (χ1n) is 6.71. The standard InChI is InChI=1S/C14H22O4/c1-9-4-5-11(16)14(7-6-12(17)18-14)13(9,3)8-10(2)15/h9,11,16H,4-8H2,1-3H3/t9-,11+,13+,14-/m0/s1. The minimum Gasteiger partial charge on any atom is -0.456 e. The van der Waals surface area contributed by atoms with Gasteiger partial charge in [0.1, 0.15) is 11.4 Å². The quantitative estimate of drug-likeness (QED) is 0.764. The largest absolute Gasteiger partial charge is 0.456 e. The third kappa shape index (κ3) is 1.78. The van der Waals surface area contributed by atoms with Gasteiger partial charge in [-0.15, -0.1) is 0 Å². The Morgan fingerprint density at radius 1 is 1.50 bits per heavy atom. The molecule has 0 aromatic rings. The molecule has 1 saturated heterocycles. The van der Waals surface area contributed by atoms with Gasteiger partial charge in [0.2, 0.25) is 0 Å². The zero-order valence-corrected chi connectivity index (χ0v) is 11.4. The van der Waals surface area contributed by atoms with Crippen LogP contribution in [0, 0.1) is 11.3 Å². The molecule has 1 N–H and O–H groups in total. The van der Waals surface area contributed by atoms with Crippen LogP contribution < -0.4 is 0 Å². The molecule has 1 aliphatic carbocycles. The summed E-state index contributed by atoms with van der Waals surface area (Å²) in [5.74, 6) is 0.0920. The molecule has 4 heteroatoms. The molecule has 0 aromatic carbocycles. The Morgan fingerprint density at radius 3 is 2.67 bits per heavy atom. The van der Waals surface area contributed by atoms with E-state index in [1.54, 1.807) is 6.92 Å². The van der Waals surface area contributed by atoms with E-state index in [4.69, 9.17) is 4.74 Å². The highest BCUT2D eigenvalue weighted by atomic mass is 16.6. The summed E-state index contributed by atoms with van der Waals surface area (Å²) in [5.41, 5.74) is -1.31. The summed E-state index contributed by atoms with van der Waals surface area (Å²) in [6.45, 7) is 5.63. The predicted octanol–water partition coefficient (Wildman–Crippen LogP) is 1.84. The lowest BCUT2D eigenvalue weighted by atomic mass is 9.55. The molecule has 0 unspecified atom stereocenters. The fraction of sp³-hybridized carbons (Fsp3) is 0.857. The van der Waals surface area contributed by atoms with Gasteiger partial charge in [0.25, 0.3) is 0 Å². The van der Waals surface area contributed by atoms with E-state index in [-0.39, 0.29) is 17.7 Å². The lowest BCUT2D eigenvalue weighted by Gasteiger charge is -2.54. The predicted molar refractivity (Wildman–Crippen MR) is 65.9 cm³/mol. The van der Waals surface area contributed by atoms with Crippen molar-refractivity contribution in [1.29, 1.82) is 0 Å². The third-order valence-corrected chi connectivity index (χ3v) is 5.08. The third-order valence-electron chi connectivity index (χ3n) is 5.08. The van der Waals surface area contributed by atoms with Gasteiger partial charge >= 0.3 is 5.97 Å². The SMILES string of the molecule is CC(=O)C[C@]1(C)[C@@H](C)CC[C@@H](O)[C@@]12CCC(=O)O2. The van der Waals surface area contributed by atoms with Crippen molar-refractivity contribution in [2.75, 3.05) is 0 Å². The average Bonchev–Trinajstić information content (AvgIpc) is 2.66. The first-order valence-corrected chi connectivity index (χ1v) is 6.71. The number of aliphatic hydroxyl groups excluding tert-OH is 1. The Morgan fingerprint density at radius 2 is 2.17 bits per heavy atom. The van der Waals surface area contributed by atoms with Gasteiger partial charge in [0.15, 0.2) is 0 Å². The molecular weight excluding hydrogens is 232 g/mol. The Bertz CT molecular complexity index is 378. The summed E-state index contributed by atoms with van der Waals surface area (Å²) >= 11 is 0. The van der Waals surface area contributed by atoms with Gasteiger partial charge in [-0.05, 0) is 25.7 Å². The molecule has 0 aromatic heterocycles. The minimum atomic E-state index is -0.854. The van der Waals surface area contributed by atoms with E-state index in [0.29, 0.717) is 25.7 Å². The monoisotopic (exact) mass is 254 g/mol. The summed E-state index contributed by atoms with van der Waals surface area (Å²) < 4.78 is 5.55. The number of Topliss-reactive ketones (excluding diaryl/α,β-unsaturated/α-hetero) is 1. The topological polar surface area (TPSA) is 63.6 Å². The fourth-order valence-electron chi connectivity index (χ4n) is 3.83. The number of hydrogen-bond acceptors (Lipinski definition) is 4. The molecule has 1 spiro atoms. The van der Waals surface area contributed by atoms with Crippen LogP contribution in [-0.2, 0) is 14.3 Å². The van der Waals surface area contributed by atoms with Crippen LogP contribution in [0.4, 0.5) is 0 Å². The lowest BCUT2D eigenvalue weighted by Crippen LogP contribution is -2.61. The van der Waals surface area contributed by atoms with Crippen LogP contribution in [0.15, 0.2) is 0 Å². The summed E-state index contributed by atoms with van der Waals surface area (Å²) in [5, 5.41) is 10.4. The molecule has 2 aliphatic rings. The van der Waals surface area contributed by atoms with E-state index in [0.717, 1.165) is 6.42 Å². The second-order valence-corrected chi connectivity index (χ2v) is 6.15. The van der Waals surface area contributed by atoms with Gasteiger partial charge in [0, 0.05) is 24.7 Å². The summed E-state index contributed by atoms with van der Waals surface area (Å²) in [6.07, 6.45) is 2.09. The second kappa shape index (κ2) is 4.34.